The summed E-state index contributed by atoms with van der Waals surface area (Å²) in [4.78, 5) is 14.8. The minimum Gasteiger partial charge on any atom is -0.370 e. The second kappa shape index (κ2) is 4.67. The van der Waals surface area contributed by atoms with Crippen molar-refractivity contribution in [3.63, 3.8) is 0 Å². The second-order valence-corrected chi connectivity index (χ2v) is 4.30. The van der Waals surface area contributed by atoms with Crippen LogP contribution in [0.25, 0.3) is 10.8 Å². The van der Waals surface area contributed by atoms with Gasteiger partial charge in [-0.05, 0) is 22.9 Å². The van der Waals surface area contributed by atoms with Crippen molar-refractivity contribution in [2.45, 2.75) is 6.92 Å². The fourth-order valence-corrected chi connectivity index (χ4v) is 2.13. The molecule has 0 atom stereocenters. The third-order valence-corrected chi connectivity index (χ3v) is 3.02. The minimum absolute atomic E-state index is 0.0623. The number of fused-ring (bicyclic) bond motifs is 1. The summed E-state index contributed by atoms with van der Waals surface area (Å²) in [6.45, 7) is 2.58. The average Bonchev–Trinajstić information content (AvgIpc) is 2.32. The second-order valence-electron chi connectivity index (χ2n) is 3.44. The molecule has 1 aromatic carbocycles. The first-order valence-corrected chi connectivity index (χ1v) is 5.90. The van der Waals surface area contributed by atoms with E-state index in [1.807, 2.05) is 13.0 Å². The van der Waals surface area contributed by atoms with E-state index in [1.165, 1.54) is 6.07 Å². The maximum Gasteiger partial charge on any atom is 0.280 e. The first-order valence-electron chi connectivity index (χ1n) is 5.10. The smallest absolute Gasteiger partial charge is 0.280 e. The van der Waals surface area contributed by atoms with E-state index in [1.54, 1.807) is 12.3 Å². The number of hydrogen-bond acceptors (Lipinski definition) is 4. The van der Waals surface area contributed by atoms with Gasteiger partial charge in [-0.2, -0.15) is 0 Å². The summed E-state index contributed by atoms with van der Waals surface area (Å²) in [5, 5.41) is 15.4. The summed E-state index contributed by atoms with van der Waals surface area (Å²) in [6, 6.07) is 4.98. The largest absolute Gasteiger partial charge is 0.370 e. The highest BCUT2D eigenvalue weighted by Crippen LogP contribution is 2.34. The number of pyridine rings is 1. The molecule has 5 nitrogen and oxygen atoms in total. The number of nitro benzene ring substituents is 1. The Bertz CT molecular complexity index is 586. The molecule has 17 heavy (non-hydrogen) atoms. The topological polar surface area (TPSA) is 68.1 Å². The van der Waals surface area contributed by atoms with E-state index >= 15 is 0 Å². The lowest BCUT2D eigenvalue weighted by atomic mass is 10.1. The van der Waals surface area contributed by atoms with Crippen molar-refractivity contribution < 1.29 is 4.92 Å². The molecule has 1 aromatic heterocycles. The molecule has 0 radical (unpaired) electrons. The van der Waals surface area contributed by atoms with Crippen LogP contribution in [0.4, 0.5) is 11.5 Å². The summed E-state index contributed by atoms with van der Waals surface area (Å²) in [5.74, 6) is 0.540. The van der Waals surface area contributed by atoms with Gasteiger partial charge in [-0.15, -0.1) is 0 Å². The summed E-state index contributed by atoms with van der Waals surface area (Å²) >= 11 is 3.35. The molecule has 0 unspecified atom stereocenters. The van der Waals surface area contributed by atoms with Crippen molar-refractivity contribution in [1.82, 2.24) is 4.98 Å². The van der Waals surface area contributed by atoms with E-state index in [0.717, 1.165) is 9.86 Å². The Morgan fingerprint density at radius 1 is 1.53 bits per heavy atom. The summed E-state index contributed by atoms with van der Waals surface area (Å²) < 4.78 is 0.748. The number of nitro groups is 1. The highest BCUT2D eigenvalue weighted by atomic mass is 79.9. The van der Waals surface area contributed by atoms with Crippen LogP contribution in [-0.4, -0.2) is 16.5 Å². The lowest BCUT2D eigenvalue weighted by molar-refractivity contribution is -0.383. The molecule has 0 saturated carbocycles. The van der Waals surface area contributed by atoms with Crippen LogP contribution in [0.3, 0.4) is 0 Å². The van der Waals surface area contributed by atoms with E-state index in [9.17, 15) is 10.1 Å². The molecule has 1 heterocycles. The quantitative estimate of drug-likeness (QED) is 0.696. The predicted octanol–water partition coefficient (Wildman–Crippen LogP) is 3.34. The van der Waals surface area contributed by atoms with E-state index < -0.39 is 4.92 Å². The lowest BCUT2D eigenvalue weighted by Gasteiger charge is -2.08. The molecule has 88 valence electrons. The van der Waals surface area contributed by atoms with Gasteiger partial charge in [0, 0.05) is 28.7 Å². The SMILES string of the molecule is CCNc1ncc(Br)c2cccc([N+](=O)[O-])c12. The maximum absolute atomic E-state index is 11.0. The number of rotatable bonds is 3. The van der Waals surface area contributed by atoms with Crippen molar-refractivity contribution >= 4 is 38.2 Å². The molecule has 0 amide bonds. The van der Waals surface area contributed by atoms with Crippen molar-refractivity contribution in [1.29, 1.82) is 0 Å². The van der Waals surface area contributed by atoms with Gasteiger partial charge < -0.3 is 5.32 Å². The van der Waals surface area contributed by atoms with Crippen LogP contribution in [0.2, 0.25) is 0 Å². The standard InChI is InChI=1S/C11H10BrN3O2/c1-2-13-11-10-7(8(12)6-14-11)4-3-5-9(10)15(16)17/h3-6H,2H2,1H3,(H,13,14). The van der Waals surface area contributed by atoms with Crippen molar-refractivity contribution in [2.24, 2.45) is 0 Å². The van der Waals surface area contributed by atoms with Gasteiger partial charge in [-0.1, -0.05) is 12.1 Å². The summed E-state index contributed by atoms with van der Waals surface area (Å²) in [6.07, 6.45) is 1.64. The Morgan fingerprint density at radius 3 is 2.94 bits per heavy atom. The molecule has 0 saturated heterocycles. The summed E-state index contributed by atoms with van der Waals surface area (Å²) in [5.41, 5.74) is 0.0623. The Morgan fingerprint density at radius 2 is 2.29 bits per heavy atom. The number of benzene rings is 1. The molecule has 6 heteroatoms. The third-order valence-electron chi connectivity index (χ3n) is 2.38. The number of aromatic nitrogens is 1. The average molecular weight is 296 g/mol. The van der Waals surface area contributed by atoms with Gasteiger partial charge >= 0.3 is 0 Å². The van der Waals surface area contributed by atoms with Crippen molar-refractivity contribution in [3.8, 4) is 0 Å². The number of halogens is 1. The fraction of sp³-hybridized carbons (Fsp3) is 0.182. The highest BCUT2D eigenvalue weighted by molar-refractivity contribution is 9.10. The Balaban J connectivity index is 2.83. The molecule has 2 rings (SSSR count). The van der Waals surface area contributed by atoms with E-state index in [4.69, 9.17) is 0 Å². The molecule has 0 aliphatic heterocycles. The predicted molar refractivity (Wildman–Crippen MR) is 70.3 cm³/mol. The van der Waals surface area contributed by atoms with E-state index in [2.05, 4.69) is 26.2 Å². The first-order chi connectivity index (χ1) is 8.15. The van der Waals surface area contributed by atoms with Crippen LogP contribution < -0.4 is 5.32 Å². The zero-order valence-corrected chi connectivity index (χ0v) is 10.7. The molecule has 1 N–H and O–H groups in total. The van der Waals surface area contributed by atoms with Gasteiger partial charge in [0.1, 0.15) is 11.2 Å². The summed E-state index contributed by atoms with van der Waals surface area (Å²) in [7, 11) is 0. The zero-order chi connectivity index (χ0) is 12.4. The van der Waals surface area contributed by atoms with E-state index in [0.29, 0.717) is 17.7 Å². The van der Waals surface area contributed by atoms with Crippen LogP contribution in [0.1, 0.15) is 6.92 Å². The van der Waals surface area contributed by atoms with Gasteiger partial charge in [0.25, 0.3) is 5.69 Å². The normalized spacial score (nSPS) is 10.5. The minimum atomic E-state index is -0.392. The molecular formula is C11H10BrN3O2. The van der Waals surface area contributed by atoms with Crippen LogP contribution >= 0.6 is 15.9 Å². The fourth-order valence-electron chi connectivity index (χ4n) is 1.70. The monoisotopic (exact) mass is 295 g/mol. The van der Waals surface area contributed by atoms with Crippen LogP contribution in [-0.2, 0) is 0 Å². The number of nitrogens with zero attached hydrogens (tertiary/aromatic N) is 2. The van der Waals surface area contributed by atoms with Crippen molar-refractivity contribution in [3.05, 3.63) is 39.0 Å². The zero-order valence-electron chi connectivity index (χ0n) is 9.11. The molecule has 0 fully saturated rings. The molecule has 0 bridgehead atoms. The van der Waals surface area contributed by atoms with Gasteiger partial charge in [0.05, 0.1) is 4.92 Å². The number of non-ortho nitro benzene ring substituents is 1. The Labute approximate surface area is 106 Å². The van der Waals surface area contributed by atoms with Crippen LogP contribution in [0.15, 0.2) is 28.9 Å². The maximum atomic E-state index is 11.0. The highest BCUT2D eigenvalue weighted by Gasteiger charge is 2.17. The number of hydrogen-bond donors (Lipinski definition) is 1. The molecule has 2 aromatic rings. The van der Waals surface area contributed by atoms with Crippen molar-refractivity contribution in [2.75, 3.05) is 11.9 Å². The Kier molecular flexibility index (Phi) is 3.23. The molecule has 0 aliphatic rings. The van der Waals surface area contributed by atoms with Crippen LogP contribution in [0.5, 0.6) is 0 Å². The number of anilines is 1. The van der Waals surface area contributed by atoms with Gasteiger partial charge in [0.15, 0.2) is 0 Å². The first kappa shape index (κ1) is 11.8. The molecule has 0 spiro atoms. The van der Waals surface area contributed by atoms with Gasteiger partial charge in [-0.3, -0.25) is 10.1 Å². The molecular weight excluding hydrogens is 286 g/mol. The van der Waals surface area contributed by atoms with Crippen LogP contribution in [0, 0.1) is 10.1 Å². The van der Waals surface area contributed by atoms with E-state index in [-0.39, 0.29) is 5.69 Å². The van der Waals surface area contributed by atoms with Gasteiger partial charge in [-0.25, -0.2) is 4.98 Å². The Hall–Kier alpha value is -1.69. The third kappa shape index (κ3) is 2.08. The number of nitrogens with one attached hydrogen (secondary N) is 1. The lowest BCUT2D eigenvalue weighted by Crippen LogP contribution is -2.02. The van der Waals surface area contributed by atoms with Gasteiger partial charge in [0.2, 0.25) is 0 Å². The molecule has 0 aliphatic carbocycles.